The molecule has 1 aliphatic rings. The molecule has 0 aromatic carbocycles. The van der Waals surface area contributed by atoms with Crippen molar-refractivity contribution >= 4 is 5.97 Å². The lowest BCUT2D eigenvalue weighted by Crippen LogP contribution is -2.30. The van der Waals surface area contributed by atoms with Gasteiger partial charge in [0.15, 0.2) is 0 Å². The van der Waals surface area contributed by atoms with Gasteiger partial charge in [-0.1, -0.05) is 13.3 Å². The third-order valence-electron chi connectivity index (χ3n) is 2.00. The standard InChI is InChI=1S/C10H16O4/c1-3-5-8(9(11)12-4-2)10-13-6-7-14-10/h6-8,10H,3-5H2,1-2H3. The van der Waals surface area contributed by atoms with Crippen LogP contribution >= 0.6 is 0 Å². The summed E-state index contributed by atoms with van der Waals surface area (Å²) < 4.78 is 15.2. The molecule has 14 heavy (non-hydrogen) atoms. The highest BCUT2D eigenvalue weighted by Gasteiger charge is 2.32. The molecule has 0 radical (unpaired) electrons. The minimum Gasteiger partial charge on any atom is -0.466 e. The molecule has 1 aliphatic heterocycles. The number of hydrogen-bond donors (Lipinski definition) is 0. The highest BCUT2D eigenvalue weighted by molar-refractivity contribution is 5.72. The van der Waals surface area contributed by atoms with E-state index in [1.165, 1.54) is 12.5 Å². The molecular formula is C10H16O4. The zero-order valence-corrected chi connectivity index (χ0v) is 8.56. The molecule has 80 valence electrons. The Morgan fingerprint density at radius 1 is 1.43 bits per heavy atom. The molecule has 1 heterocycles. The van der Waals surface area contributed by atoms with Gasteiger partial charge in [-0.2, -0.15) is 0 Å². The fourth-order valence-electron chi connectivity index (χ4n) is 1.37. The Labute approximate surface area is 83.8 Å². The van der Waals surface area contributed by atoms with Crippen LogP contribution in [0.15, 0.2) is 12.5 Å². The van der Waals surface area contributed by atoms with E-state index in [1.807, 2.05) is 6.92 Å². The van der Waals surface area contributed by atoms with Crippen LogP contribution in [0.4, 0.5) is 0 Å². The van der Waals surface area contributed by atoms with Gasteiger partial charge in [-0.15, -0.1) is 0 Å². The summed E-state index contributed by atoms with van der Waals surface area (Å²) in [5.74, 6) is -0.571. The molecule has 4 heteroatoms. The lowest BCUT2D eigenvalue weighted by Gasteiger charge is -2.19. The largest absolute Gasteiger partial charge is 0.466 e. The Bertz CT molecular complexity index is 204. The fourth-order valence-corrected chi connectivity index (χ4v) is 1.37. The van der Waals surface area contributed by atoms with Gasteiger partial charge < -0.3 is 14.2 Å². The Hall–Kier alpha value is -1.19. The summed E-state index contributed by atoms with van der Waals surface area (Å²) in [6.07, 6.45) is 4.01. The zero-order chi connectivity index (χ0) is 10.4. The van der Waals surface area contributed by atoms with E-state index >= 15 is 0 Å². The Morgan fingerprint density at radius 3 is 2.57 bits per heavy atom. The first-order valence-corrected chi connectivity index (χ1v) is 4.92. The molecule has 0 bridgehead atoms. The highest BCUT2D eigenvalue weighted by Crippen LogP contribution is 2.21. The molecule has 0 aromatic heterocycles. The smallest absolute Gasteiger partial charge is 0.316 e. The van der Waals surface area contributed by atoms with Gasteiger partial charge in [0.05, 0.1) is 6.61 Å². The molecule has 0 saturated heterocycles. The van der Waals surface area contributed by atoms with Crippen molar-refractivity contribution in [1.29, 1.82) is 0 Å². The zero-order valence-electron chi connectivity index (χ0n) is 8.56. The van der Waals surface area contributed by atoms with E-state index in [9.17, 15) is 4.79 Å². The molecule has 0 aliphatic carbocycles. The first kappa shape index (κ1) is 10.9. The van der Waals surface area contributed by atoms with Crippen LogP contribution in [0, 0.1) is 5.92 Å². The van der Waals surface area contributed by atoms with Crippen molar-refractivity contribution in [2.45, 2.75) is 33.0 Å². The van der Waals surface area contributed by atoms with E-state index in [1.54, 1.807) is 6.92 Å². The molecular weight excluding hydrogens is 184 g/mol. The van der Waals surface area contributed by atoms with Crippen molar-refractivity contribution in [3.05, 3.63) is 12.5 Å². The van der Waals surface area contributed by atoms with Gasteiger partial charge in [-0.3, -0.25) is 4.79 Å². The van der Waals surface area contributed by atoms with Crippen LogP contribution in [0.5, 0.6) is 0 Å². The van der Waals surface area contributed by atoms with Crippen molar-refractivity contribution in [3.8, 4) is 0 Å². The SMILES string of the molecule is CCCC(C(=O)OCC)C1OC=CO1. The quantitative estimate of drug-likeness (QED) is 0.635. The van der Waals surface area contributed by atoms with Gasteiger partial charge in [0, 0.05) is 0 Å². The monoisotopic (exact) mass is 200 g/mol. The third kappa shape index (κ3) is 2.65. The molecule has 0 aromatic rings. The van der Waals surface area contributed by atoms with Gasteiger partial charge >= 0.3 is 5.97 Å². The highest BCUT2D eigenvalue weighted by atomic mass is 16.7. The van der Waals surface area contributed by atoms with Crippen LogP contribution in [0.2, 0.25) is 0 Å². The maximum atomic E-state index is 11.5. The lowest BCUT2D eigenvalue weighted by molar-refractivity contribution is -0.162. The number of carbonyl (C=O) groups excluding carboxylic acids is 1. The van der Waals surface area contributed by atoms with Crippen molar-refractivity contribution in [2.24, 2.45) is 5.92 Å². The van der Waals surface area contributed by atoms with E-state index < -0.39 is 6.29 Å². The van der Waals surface area contributed by atoms with Crippen molar-refractivity contribution in [3.63, 3.8) is 0 Å². The first-order chi connectivity index (χ1) is 6.79. The summed E-state index contributed by atoms with van der Waals surface area (Å²) in [6, 6.07) is 0. The summed E-state index contributed by atoms with van der Waals surface area (Å²) in [5.41, 5.74) is 0. The third-order valence-corrected chi connectivity index (χ3v) is 2.00. The molecule has 1 atom stereocenters. The molecule has 0 saturated carbocycles. The normalized spacial score (nSPS) is 17.3. The predicted octanol–water partition coefficient (Wildman–Crippen LogP) is 1.81. The predicted molar refractivity (Wildman–Crippen MR) is 50.1 cm³/mol. The summed E-state index contributed by atoms with van der Waals surface area (Å²) in [6.45, 7) is 4.18. The van der Waals surface area contributed by atoms with Crippen LogP contribution < -0.4 is 0 Å². The average Bonchev–Trinajstić information content (AvgIpc) is 2.67. The minimum atomic E-state index is -0.506. The molecule has 0 spiro atoms. The Kier molecular flexibility index (Phi) is 4.29. The summed E-state index contributed by atoms with van der Waals surface area (Å²) in [4.78, 5) is 11.5. The molecule has 0 fully saturated rings. The second-order valence-corrected chi connectivity index (χ2v) is 3.06. The van der Waals surface area contributed by atoms with Gasteiger partial charge in [-0.05, 0) is 13.3 Å². The van der Waals surface area contributed by atoms with Crippen molar-refractivity contribution in [2.75, 3.05) is 6.61 Å². The van der Waals surface area contributed by atoms with Crippen molar-refractivity contribution < 1.29 is 19.0 Å². The van der Waals surface area contributed by atoms with Gasteiger partial charge in [-0.25, -0.2) is 0 Å². The van der Waals surface area contributed by atoms with Gasteiger partial charge in [0.25, 0.3) is 6.29 Å². The van der Waals surface area contributed by atoms with E-state index in [2.05, 4.69) is 0 Å². The van der Waals surface area contributed by atoms with E-state index in [0.717, 1.165) is 6.42 Å². The summed E-state index contributed by atoms with van der Waals surface area (Å²) >= 11 is 0. The molecule has 0 amide bonds. The minimum absolute atomic E-state index is 0.247. The topological polar surface area (TPSA) is 44.8 Å². The van der Waals surface area contributed by atoms with Gasteiger partial charge in [0.2, 0.25) is 0 Å². The lowest BCUT2D eigenvalue weighted by atomic mass is 10.0. The second kappa shape index (κ2) is 5.52. The molecule has 1 unspecified atom stereocenters. The maximum Gasteiger partial charge on any atom is 0.316 e. The van der Waals surface area contributed by atoms with Crippen LogP contribution in [0.3, 0.4) is 0 Å². The van der Waals surface area contributed by atoms with E-state index in [-0.39, 0.29) is 11.9 Å². The number of esters is 1. The van der Waals surface area contributed by atoms with Crippen LogP contribution in [-0.2, 0) is 19.0 Å². The van der Waals surface area contributed by atoms with Crippen LogP contribution in [-0.4, -0.2) is 18.9 Å². The fraction of sp³-hybridized carbons (Fsp3) is 0.700. The maximum absolute atomic E-state index is 11.5. The van der Waals surface area contributed by atoms with E-state index in [0.29, 0.717) is 13.0 Å². The van der Waals surface area contributed by atoms with Crippen molar-refractivity contribution in [1.82, 2.24) is 0 Å². The van der Waals surface area contributed by atoms with Crippen LogP contribution in [0.25, 0.3) is 0 Å². The first-order valence-electron chi connectivity index (χ1n) is 4.92. The summed E-state index contributed by atoms with van der Waals surface area (Å²) in [7, 11) is 0. The Morgan fingerprint density at radius 2 is 2.07 bits per heavy atom. The number of hydrogen-bond acceptors (Lipinski definition) is 4. The van der Waals surface area contributed by atoms with Crippen LogP contribution in [0.1, 0.15) is 26.7 Å². The number of carbonyl (C=O) groups is 1. The molecule has 0 N–H and O–H groups in total. The average molecular weight is 200 g/mol. The number of ether oxygens (including phenoxy) is 3. The molecule has 1 rings (SSSR count). The molecule has 4 nitrogen and oxygen atoms in total. The summed E-state index contributed by atoms with van der Waals surface area (Å²) in [5, 5.41) is 0. The number of rotatable bonds is 5. The Balaban J connectivity index is 2.49. The van der Waals surface area contributed by atoms with Gasteiger partial charge in [0.1, 0.15) is 18.4 Å². The second-order valence-electron chi connectivity index (χ2n) is 3.06. The van der Waals surface area contributed by atoms with E-state index in [4.69, 9.17) is 14.2 Å².